The van der Waals surface area contributed by atoms with E-state index in [0.717, 1.165) is 29.6 Å². The molecular formula is C23H19F3N4O. The average molecular weight is 424 g/mol. The summed E-state index contributed by atoms with van der Waals surface area (Å²) in [6.45, 7) is 2.02. The van der Waals surface area contributed by atoms with E-state index in [2.05, 4.69) is 10.3 Å². The van der Waals surface area contributed by atoms with Crippen LogP contribution in [0.3, 0.4) is 0 Å². The predicted octanol–water partition coefficient (Wildman–Crippen LogP) is 5.44. The maximum atomic E-state index is 13.0. The van der Waals surface area contributed by atoms with Crippen molar-refractivity contribution in [3.8, 4) is 5.69 Å². The SMILES string of the molecule is CCc1ccc2c(c1)nc(NC(=O)c1cccc(C(F)(F)F)c1)n2-c1cccc(N)c1. The van der Waals surface area contributed by atoms with Gasteiger partial charge in [-0.05, 0) is 60.5 Å². The number of fused-ring (bicyclic) bond motifs is 1. The van der Waals surface area contributed by atoms with Crippen LogP contribution in [0.2, 0.25) is 0 Å². The molecule has 0 fully saturated rings. The van der Waals surface area contributed by atoms with Gasteiger partial charge in [0.25, 0.3) is 5.91 Å². The minimum atomic E-state index is -4.54. The number of imidazole rings is 1. The van der Waals surface area contributed by atoms with Gasteiger partial charge in [-0.3, -0.25) is 14.7 Å². The number of carbonyl (C=O) groups excluding carboxylic acids is 1. The Morgan fingerprint density at radius 2 is 1.84 bits per heavy atom. The molecule has 158 valence electrons. The molecule has 0 bridgehead atoms. The number of nitrogens with zero attached hydrogens (tertiary/aromatic N) is 2. The fraction of sp³-hybridized carbons (Fsp3) is 0.130. The number of hydrogen-bond acceptors (Lipinski definition) is 3. The van der Waals surface area contributed by atoms with E-state index in [-0.39, 0.29) is 11.5 Å². The summed E-state index contributed by atoms with van der Waals surface area (Å²) >= 11 is 0. The van der Waals surface area contributed by atoms with E-state index in [1.54, 1.807) is 22.8 Å². The normalized spacial score (nSPS) is 11.6. The number of hydrogen-bond donors (Lipinski definition) is 2. The third-order valence-electron chi connectivity index (χ3n) is 4.93. The molecule has 0 aliphatic heterocycles. The lowest BCUT2D eigenvalue weighted by atomic mass is 10.1. The van der Waals surface area contributed by atoms with E-state index in [1.807, 2.05) is 31.2 Å². The number of halogens is 3. The molecule has 4 rings (SSSR count). The van der Waals surface area contributed by atoms with Crippen LogP contribution < -0.4 is 11.1 Å². The summed E-state index contributed by atoms with van der Waals surface area (Å²) in [7, 11) is 0. The summed E-state index contributed by atoms with van der Waals surface area (Å²) in [4.78, 5) is 17.3. The Balaban J connectivity index is 1.80. The van der Waals surface area contributed by atoms with Crippen molar-refractivity contribution in [3.05, 3.63) is 83.4 Å². The first-order valence-corrected chi connectivity index (χ1v) is 9.62. The summed E-state index contributed by atoms with van der Waals surface area (Å²) < 4.78 is 40.8. The molecule has 0 aliphatic rings. The van der Waals surface area contributed by atoms with Gasteiger partial charge in [-0.15, -0.1) is 0 Å². The molecule has 5 nitrogen and oxygen atoms in total. The molecule has 0 unspecified atom stereocenters. The number of benzene rings is 3. The summed E-state index contributed by atoms with van der Waals surface area (Å²) in [5.74, 6) is -0.501. The number of nitrogens with two attached hydrogens (primary N) is 1. The van der Waals surface area contributed by atoms with Crippen molar-refractivity contribution in [2.24, 2.45) is 0 Å². The van der Waals surface area contributed by atoms with Crippen molar-refractivity contribution in [2.75, 3.05) is 11.1 Å². The van der Waals surface area contributed by atoms with Gasteiger partial charge >= 0.3 is 6.18 Å². The third kappa shape index (κ3) is 4.09. The lowest BCUT2D eigenvalue weighted by Crippen LogP contribution is -2.16. The number of aromatic nitrogens is 2. The smallest absolute Gasteiger partial charge is 0.399 e. The van der Waals surface area contributed by atoms with Crippen molar-refractivity contribution in [3.63, 3.8) is 0 Å². The van der Waals surface area contributed by atoms with E-state index < -0.39 is 17.6 Å². The number of alkyl halides is 3. The van der Waals surface area contributed by atoms with Gasteiger partial charge < -0.3 is 5.73 Å². The Morgan fingerprint density at radius 3 is 2.55 bits per heavy atom. The van der Waals surface area contributed by atoms with Crippen molar-refractivity contribution >= 4 is 28.6 Å². The first-order valence-electron chi connectivity index (χ1n) is 9.62. The van der Waals surface area contributed by atoms with Crippen LogP contribution in [0.1, 0.15) is 28.4 Å². The number of amides is 1. The fourth-order valence-electron chi connectivity index (χ4n) is 3.37. The molecular weight excluding hydrogens is 405 g/mol. The largest absolute Gasteiger partial charge is 0.416 e. The standard InChI is InChI=1S/C23H19F3N4O/c1-2-14-9-10-20-19(11-14)28-22(30(20)18-8-4-7-17(27)13-18)29-21(31)15-5-3-6-16(12-15)23(24,25)26/h3-13H,2,27H2,1H3,(H,28,29,31). The van der Waals surface area contributed by atoms with E-state index >= 15 is 0 Å². The Labute approximate surface area is 176 Å². The molecule has 0 radical (unpaired) electrons. The van der Waals surface area contributed by atoms with Gasteiger partial charge in [-0.1, -0.05) is 25.1 Å². The van der Waals surface area contributed by atoms with Gasteiger partial charge in [0.1, 0.15) is 0 Å². The molecule has 31 heavy (non-hydrogen) atoms. The summed E-state index contributed by atoms with van der Waals surface area (Å²) in [6, 6.07) is 17.1. The molecule has 0 aliphatic carbocycles. The number of rotatable bonds is 4. The summed E-state index contributed by atoms with van der Waals surface area (Å²) in [6.07, 6.45) is -3.73. The molecule has 0 spiro atoms. The second kappa shape index (κ2) is 7.79. The first-order chi connectivity index (χ1) is 14.8. The topological polar surface area (TPSA) is 72.9 Å². The third-order valence-corrected chi connectivity index (χ3v) is 4.93. The zero-order chi connectivity index (χ0) is 22.2. The van der Waals surface area contributed by atoms with Crippen LogP contribution in [0.5, 0.6) is 0 Å². The van der Waals surface area contributed by atoms with Crippen LogP contribution in [0.15, 0.2) is 66.7 Å². The molecule has 1 amide bonds. The second-order valence-electron chi connectivity index (χ2n) is 7.08. The minimum Gasteiger partial charge on any atom is -0.399 e. The second-order valence-corrected chi connectivity index (χ2v) is 7.08. The van der Waals surface area contributed by atoms with Crippen LogP contribution in [-0.2, 0) is 12.6 Å². The van der Waals surface area contributed by atoms with Crippen LogP contribution in [0.4, 0.5) is 24.8 Å². The van der Waals surface area contributed by atoms with Crippen molar-refractivity contribution < 1.29 is 18.0 Å². The molecule has 3 N–H and O–H groups in total. The van der Waals surface area contributed by atoms with E-state index in [0.29, 0.717) is 16.9 Å². The summed E-state index contributed by atoms with van der Waals surface area (Å²) in [5.41, 5.74) is 8.58. The van der Waals surface area contributed by atoms with E-state index in [9.17, 15) is 18.0 Å². The van der Waals surface area contributed by atoms with E-state index in [4.69, 9.17) is 5.73 Å². The van der Waals surface area contributed by atoms with Gasteiger partial charge in [0, 0.05) is 11.3 Å². The molecule has 0 atom stereocenters. The van der Waals surface area contributed by atoms with Crippen LogP contribution in [0.25, 0.3) is 16.7 Å². The van der Waals surface area contributed by atoms with Gasteiger partial charge in [0.2, 0.25) is 5.95 Å². The van der Waals surface area contributed by atoms with Crippen molar-refractivity contribution in [2.45, 2.75) is 19.5 Å². The first kappa shape index (κ1) is 20.5. The van der Waals surface area contributed by atoms with Crippen LogP contribution in [0, 0.1) is 0 Å². The number of anilines is 2. The van der Waals surface area contributed by atoms with Crippen molar-refractivity contribution in [1.29, 1.82) is 0 Å². The van der Waals surface area contributed by atoms with Crippen LogP contribution in [-0.4, -0.2) is 15.5 Å². The van der Waals surface area contributed by atoms with Gasteiger partial charge in [0.15, 0.2) is 0 Å². The number of nitrogen functional groups attached to an aromatic ring is 1. The molecule has 8 heteroatoms. The minimum absolute atomic E-state index is 0.116. The molecule has 0 saturated heterocycles. The highest BCUT2D eigenvalue weighted by Gasteiger charge is 2.31. The number of carbonyl (C=O) groups is 1. The Morgan fingerprint density at radius 1 is 1.06 bits per heavy atom. The highest BCUT2D eigenvalue weighted by atomic mass is 19.4. The molecule has 1 heterocycles. The Kier molecular flexibility index (Phi) is 5.14. The maximum absolute atomic E-state index is 13.0. The molecule has 0 saturated carbocycles. The lowest BCUT2D eigenvalue weighted by molar-refractivity contribution is -0.137. The van der Waals surface area contributed by atoms with Crippen LogP contribution >= 0.6 is 0 Å². The zero-order valence-corrected chi connectivity index (χ0v) is 16.6. The molecule has 3 aromatic carbocycles. The van der Waals surface area contributed by atoms with Gasteiger partial charge in [0.05, 0.1) is 22.3 Å². The quantitative estimate of drug-likeness (QED) is 0.429. The Bertz CT molecular complexity index is 1280. The number of nitrogens with one attached hydrogen (secondary N) is 1. The Hall–Kier alpha value is -3.81. The highest BCUT2D eigenvalue weighted by molar-refractivity contribution is 6.04. The van der Waals surface area contributed by atoms with Gasteiger partial charge in [-0.25, -0.2) is 4.98 Å². The maximum Gasteiger partial charge on any atom is 0.416 e. The lowest BCUT2D eigenvalue weighted by Gasteiger charge is -2.12. The average Bonchev–Trinajstić information content (AvgIpc) is 3.10. The monoisotopic (exact) mass is 424 g/mol. The van der Waals surface area contributed by atoms with Crippen molar-refractivity contribution in [1.82, 2.24) is 9.55 Å². The van der Waals surface area contributed by atoms with Gasteiger partial charge in [-0.2, -0.15) is 13.2 Å². The molecule has 1 aromatic heterocycles. The number of aryl methyl sites for hydroxylation is 1. The highest BCUT2D eigenvalue weighted by Crippen LogP contribution is 2.30. The van der Waals surface area contributed by atoms with E-state index in [1.165, 1.54) is 12.1 Å². The predicted molar refractivity (Wildman–Crippen MR) is 114 cm³/mol. The molecule has 4 aromatic rings. The fourth-order valence-corrected chi connectivity index (χ4v) is 3.37. The zero-order valence-electron chi connectivity index (χ0n) is 16.6. The summed E-state index contributed by atoms with van der Waals surface area (Å²) in [5, 5.41) is 2.66.